The Morgan fingerprint density at radius 1 is 1.26 bits per heavy atom. The fourth-order valence-corrected chi connectivity index (χ4v) is 4.83. The summed E-state index contributed by atoms with van der Waals surface area (Å²) in [4.78, 5) is 2.53. The zero-order chi connectivity index (χ0) is 21.8. The van der Waals surface area contributed by atoms with Gasteiger partial charge in [0.1, 0.15) is 0 Å². The molecule has 2 aromatic carbocycles. The van der Waals surface area contributed by atoms with Gasteiger partial charge in [-0.1, -0.05) is 42.8 Å². The second kappa shape index (κ2) is 9.80. The van der Waals surface area contributed by atoms with Crippen LogP contribution in [0.2, 0.25) is 5.02 Å². The molecule has 2 aliphatic rings. The fourth-order valence-electron chi connectivity index (χ4n) is 4.64. The number of nitrogens with zero attached hydrogens (tertiary/aromatic N) is 1. The van der Waals surface area contributed by atoms with Crippen LogP contribution in [0.1, 0.15) is 55.8 Å². The van der Waals surface area contributed by atoms with E-state index in [4.69, 9.17) is 17.3 Å². The number of rotatable bonds is 5. The largest absolute Gasteiger partial charge is 0.401 e. The monoisotopic (exact) mass is 436 g/mol. The first-order chi connectivity index (χ1) is 15.0. The van der Waals surface area contributed by atoms with E-state index in [2.05, 4.69) is 52.8 Å². The summed E-state index contributed by atoms with van der Waals surface area (Å²) >= 11 is 6.23. The first-order valence-electron chi connectivity index (χ1n) is 11.3. The lowest BCUT2D eigenvalue weighted by atomic mass is 9.90. The van der Waals surface area contributed by atoms with Crippen molar-refractivity contribution in [1.82, 2.24) is 10.2 Å². The molecule has 0 saturated carbocycles. The van der Waals surface area contributed by atoms with Gasteiger partial charge in [-0.15, -0.1) is 0 Å². The molecule has 5 heteroatoms. The van der Waals surface area contributed by atoms with Gasteiger partial charge in [0, 0.05) is 41.6 Å². The molecular formula is C26H33ClN4. The lowest BCUT2D eigenvalue weighted by Gasteiger charge is -2.27. The highest BCUT2D eigenvalue weighted by Crippen LogP contribution is 2.35. The molecule has 0 fully saturated rings. The van der Waals surface area contributed by atoms with Gasteiger partial charge in [0.25, 0.3) is 0 Å². The maximum atomic E-state index is 6.26. The van der Waals surface area contributed by atoms with Crippen LogP contribution in [0.3, 0.4) is 0 Å². The number of allylic oxidation sites excluding steroid dienone is 1. The van der Waals surface area contributed by atoms with Gasteiger partial charge in [0.05, 0.1) is 11.7 Å². The Morgan fingerprint density at radius 2 is 2.13 bits per heavy atom. The minimum absolute atomic E-state index is 0.179. The first kappa shape index (κ1) is 21.8. The maximum Gasteiger partial charge on any atom is 0.0605 e. The summed E-state index contributed by atoms with van der Waals surface area (Å²) in [6.45, 7) is 8.43. The minimum atomic E-state index is 0.179. The van der Waals surface area contributed by atoms with E-state index in [0.29, 0.717) is 0 Å². The van der Waals surface area contributed by atoms with Gasteiger partial charge >= 0.3 is 0 Å². The Balaban J connectivity index is 1.70. The van der Waals surface area contributed by atoms with Gasteiger partial charge in [0.2, 0.25) is 0 Å². The number of halogens is 1. The predicted molar refractivity (Wildman–Crippen MR) is 133 cm³/mol. The Labute approximate surface area is 191 Å². The van der Waals surface area contributed by atoms with Crippen LogP contribution in [0.15, 0.2) is 54.2 Å². The van der Waals surface area contributed by atoms with Crippen LogP contribution < -0.4 is 16.4 Å². The molecule has 0 aromatic heterocycles. The number of nitrogens with two attached hydrogens (primary N) is 1. The van der Waals surface area contributed by atoms with Crippen LogP contribution in [0, 0.1) is 0 Å². The van der Waals surface area contributed by atoms with Crippen molar-refractivity contribution in [2.24, 2.45) is 5.73 Å². The fraction of sp³-hybridized carbons (Fsp3) is 0.385. The summed E-state index contributed by atoms with van der Waals surface area (Å²) in [5, 5.41) is 8.01. The van der Waals surface area contributed by atoms with Crippen LogP contribution in [0.25, 0.3) is 11.3 Å². The Morgan fingerprint density at radius 3 is 2.84 bits per heavy atom. The predicted octanol–water partition coefficient (Wildman–Crippen LogP) is 5.63. The number of nitrogens with one attached hydrogen (secondary N) is 2. The molecule has 0 spiro atoms. The van der Waals surface area contributed by atoms with Crippen LogP contribution in [0.4, 0.5) is 5.69 Å². The Hall–Kier alpha value is -2.43. The van der Waals surface area contributed by atoms with E-state index >= 15 is 0 Å². The normalized spacial score (nSPS) is 20.9. The third-order valence-electron chi connectivity index (χ3n) is 6.19. The van der Waals surface area contributed by atoms with Crippen molar-refractivity contribution in [2.75, 3.05) is 31.5 Å². The van der Waals surface area contributed by atoms with Crippen LogP contribution in [-0.4, -0.2) is 31.1 Å². The van der Waals surface area contributed by atoms with E-state index in [1.54, 1.807) is 0 Å². The summed E-state index contributed by atoms with van der Waals surface area (Å²) in [5.41, 5.74) is 14.4. The van der Waals surface area contributed by atoms with Crippen molar-refractivity contribution >= 4 is 28.6 Å². The minimum Gasteiger partial charge on any atom is -0.401 e. The zero-order valence-electron chi connectivity index (χ0n) is 18.5. The van der Waals surface area contributed by atoms with Gasteiger partial charge in [0.15, 0.2) is 0 Å². The number of benzene rings is 2. The number of anilines is 1. The lowest BCUT2D eigenvalue weighted by molar-refractivity contribution is 0.302. The molecule has 31 heavy (non-hydrogen) atoms. The highest BCUT2D eigenvalue weighted by atomic mass is 35.5. The molecule has 2 aromatic rings. The molecule has 0 aliphatic carbocycles. The van der Waals surface area contributed by atoms with Crippen LogP contribution in [0.5, 0.6) is 0 Å². The summed E-state index contributed by atoms with van der Waals surface area (Å²) in [5.74, 6) is 0. The van der Waals surface area contributed by atoms with Crippen molar-refractivity contribution < 1.29 is 0 Å². The molecule has 0 bridgehead atoms. The van der Waals surface area contributed by atoms with Crippen molar-refractivity contribution in [2.45, 2.75) is 39.2 Å². The highest BCUT2D eigenvalue weighted by Gasteiger charge is 2.23. The molecular weight excluding hydrogens is 404 g/mol. The molecule has 164 valence electrons. The molecule has 0 radical (unpaired) electrons. The highest BCUT2D eigenvalue weighted by molar-refractivity contribution is 6.30. The topological polar surface area (TPSA) is 53.3 Å². The van der Waals surface area contributed by atoms with Gasteiger partial charge in [-0.25, -0.2) is 0 Å². The van der Waals surface area contributed by atoms with E-state index < -0.39 is 0 Å². The molecule has 2 aliphatic heterocycles. The average molecular weight is 437 g/mol. The quantitative estimate of drug-likeness (QED) is 0.568. The van der Waals surface area contributed by atoms with E-state index in [1.807, 2.05) is 25.1 Å². The molecule has 4 rings (SSSR count). The van der Waals surface area contributed by atoms with E-state index in [9.17, 15) is 0 Å². The summed E-state index contributed by atoms with van der Waals surface area (Å²) in [6, 6.07) is 15.0. The third-order valence-corrected chi connectivity index (χ3v) is 6.43. The molecule has 0 amide bonds. The standard InChI is InChI=1S/C26H33ClN4/c1-3-13-31-14-10-19(11-15-31)20-7-8-23-24(16-20)25(9-12-29-26(23)18(2)28)30-22-6-4-5-21(27)17-22/h4-8,10,16-17,25,29-30H,3,9,11-15,28H2,1-2H3/b26-18-. The van der Waals surface area contributed by atoms with Crippen molar-refractivity contribution in [1.29, 1.82) is 0 Å². The van der Waals surface area contributed by atoms with Gasteiger partial charge in [-0.05, 0) is 73.7 Å². The lowest BCUT2D eigenvalue weighted by Crippen LogP contribution is -2.29. The Kier molecular flexibility index (Phi) is 6.89. The molecule has 1 atom stereocenters. The van der Waals surface area contributed by atoms with Crippen molar-refractivity contribution in [3.8, 4) is 0 Å². The van der Waals surface area contributed by atoms with E-state index in [0.717, 1.165) is 54.6 Å². The summed E-state index contributed by atoms with van der Waals surface area (Å²) in [6.07, 6.45) is 5.67. The molecule has 1 unspecified atom stereocenters. The maximum absolute atomic E-state index is 6.26. The second-order valence-corrected chi connectivity index (χ2v) is 9.00. The number of hydrogen-bond acceptors (Lipinski definition) is 4. The molecule has 0 saturated heterocycles. The van der Waals surface area contributed by atoms with Crippen LogP contribution >= 0.6 is 11.6 Å². The molecule has 2 heterocycles. The van der Waals surface area contributed by atoms with Gasteiger partial charge in [-0.2, -0.15) is 0 Å². The smallest absolute Gasteiger partial charge is 0.0605 e. The SMILES string of the molecule is CCCN1CC=C(c2ccc3c(c2)C(Nc2cccc(Cl)c2)CCN/C3=C(/C)N)CC1. The summed E-state index contributed by atoms with van der Waals surface area (Å²) < 4.78 is 0. The van der Waals surface area contributed by atoms with Gasteiger partial charge < -0.3 is 16.4 Å². The molecule has 4 nitrogen and oxygen atoms in total. The first-order valence-corrected chi connectivity index (χ1v) is 11.7. The average Bonchev–Trinajstić information content (AvgIpc) is 2.94. The van der Waals surface area contributed by atoms with Gasteiger partial charge in [-0.3, -0.25) is 4.90 Å². The van der Waals surface area contributed by atoms with Crippen molar-refractivity contribution in [3.63, 3.8) is 0 Å². The number of hydrogen-bond donors (Lipinski definition) is 3. The van der Waals surface area contributed by atoms with E-state index in [1.165, 1.54) is 35.2 Å². The van der Waals surface area contributed by atoms with Crippen molar-refractivity contribution in [3.05, 3.63) is 76.0 Å². The third kappa shape index (κ3) is 5.08. The Bertz CT molecular complexity index is 991. The second-order valence-electron chi connectivity index (χ2n) is 8.56. The summed E-state index contributed by atoms with van der Waals surface area (Å²) in [7, 11) is 0. The van der Waals surface area contributed by atoms with Crippen LogP contribution in [-0.2, 0) is 0 Å². The van der Waals surface area contributed by atoms with E-state index in [-0.39, 0.29) is 6.04 Å². The molecule has 4 N–H and O–H groups in total. The number of fused-ring (bicyclic) bond motifs is 1. The zero-order valence-corrected chi connectivity index (χ0v) is 19.3.